The molecule has 1 heterocycles. The lowest BCUT2D eigenvalue weighted by atomic mass is 10.1. The third-order valence-electron chi connectivity index (χ3n) is 3.54. The highest BCUT2D eigenvalue weighted by atomic mass is 16.5. The first-order valence-electron chi connectivity index (χ1n) is 6.82. The van der Waals surface area contributed by atoms with Crippen molar-refractivity contribution >= 4 is 5.91 Å². The average Bonchev–Trinajstić information content (AvgIpc) is 2.42. The molecule has 1 saturated heterocycles. The first-order valence-corrected chi connectivity index (χ1v) is 6.82. The average molecular weight is 262 g/mol. The number of rotatable bonds is 3. The van der Waals surface area contributed by atoms with Crippen LogP contribution in [0, 0.1) is 13.8 Å². The molecule has 0 bridgehead atoms. The fourth-order valence-corrected chi connectivity index (χ4v) is 2.40. The van der Waals surface area contributed by atoms with Gasteiger partial charge in [-0.05, 0) is 43.9 Å². The lowest BCUT2D eigenvalue weighted by Gasteiger charge is -2.33. The molecule has 19 heavy (non-hydrogen) atoms. The summed E-state index contributed by atoms with van der Waals surface area (Å²) in [5.74, 6) is 0.932. The van der Waals surface area contributed by atoms with Crippen molar-refractivity contribution in [3.63, 3.8) is 0 Å². The van der Waals surface area contributed by atoms with Gasteiger partial charge in [-0.2, -0.15) is 0 Å². The number of hydrogen-bond acceptors (Lipinski definition) is 3. The van der Waals surface area contributed by atoms with Crippen LogP contribution < -0.4 is 10.5 Å². The number of nitrogens with zero attached hydrogens (tertiary/aromatic N) is 1. The molecular weight excluding hydrogens is 240 g/mol. The van der Waals surface area contributed by atoms with Crippen molar-refractivity contribution in [3.8, 4) is 5.75 Å². The van der Waals surface area contributed by atoms with Crippen molar-refractivity contribution in [2.45, 2.75) is 32.8 Å². The number of aryl methyl sites for hydroxylation is 2. The van der Waals surface area contributed by atoms with E-state index in [0.717, 1.165) is 30.7 Å². The molecule has 4 nitrogen and oxygen atoms in total. The van der Waals surface area contributed by atoms with Gasteiger partial charge in [-0.1, -0.05) is 12.1 Å². The van der Waals surface area contributed by atoms with Gasteiger partial charge in [0.2, 0.25) is 5.91 Å². The number of piperidine rings is 1. The van der Waals surface area contributed by atoms with Crippen LogP contribution in [0.15, 0.2) is 18.2 Å². The molecule has 0 aliphatic carbocycles. The normalized spacial score (nSPS) is 19.3. The van der Waals surface area contributed by atoms with Crippen molar-refractivity contribution in [1.29, 1.82) is 0 Å². The summed E-state index contributed by atoms with van der Waals surface area (Å²) >= 11 is 0. The van der Waals surface area contributed by atoms with Gasteiger partial charge in [-0.3, -0.25) is 4.79 Å². The Kier molecular flexibility index (Phi) is 4.43. The Bertz CT molecular complexity index is 459. The van der Waals surface area contributed by atoms with E-state index in [1.165, 1.54) is 5.56 Å². The van der Waals surface area contributed by atoms with Gasteiger partial charge in [-0.15, -0.1) is 0 Å². The van der Waals surface area contributed by atoms with Crippen molar-refractivity contribution in [1.82, 2.24) is 4.90 Å². The monoisotopic (exact) mass is 262 g/mol. The zero-order valence-electron chi connectivity index (χ0n) is 11.7. The van der Waals surface area contributed by atoms with Gasteiger partial charge in [0.1, 0.15) is 11.9 Å². The van der Waals surface area contributed by atoms with Gasteiger partial charge in [0.05, 0.1) is 13.1 Å². The minimum atomic E-state index is 0.00858. The van der Waals surface area contributed by atoms with Gasteiger partial charge in [0.25, 0.3) is 0 Å². The summed E-state index contributed by atoms with van der Waals surface area (Å²) in [6.07, 6.45) is 2.04. The topological polar surface area (TPSA) is 55.6 Å². The number of carbonyl (C=O) groups excluding carboxylic acids is 1. The van der Waals surface area contributed by atoms with E-state index in [1.54, 1.807) is 4.90 Å². The van der Waals surface area contributed by atoms with Crippen LogP contribution in [0.25, 0.3) is 0 Å². The molecular formula is C15H22N2O2. The van der Waals surface area contributed by atoms with E-state index in [1.807, 2.05) is 6.92 Å². The maximum absolute atomic E-state index is 11.6. The van der Waals surface area contributed by atoms with Gasteiger partial charge in [-0.25, -0.2) is 0 Å². The van der Waals surface area contributed by atoms with Crippen molar-refractivity contribution in [2.75, 3.05) is 19.6 Å². The Morgan fingerprint density at radius 3 is 3.00 bits per heavy atom. The predicted octanol–water partition coefficient (Wildman–Crippen LogP) is 1.63. The van der Waals surface area contributed by atoms with Crippen molar-refractivity contribution in [2.24, 2.45) is 5.73 Å². The van der Waals surface area contributed by atoms with E-state index < -0.39 is 0 Å². The van der Waals surface area contributed by atoms with Gasteiger partial charge < -0.3 is 15.4 Å². The van der Waals surface area contributed by atoms with Crippen LogP contribution in [0.4, 0.5) is 0 Å². The Balaban J connectivity index is 2.02. The standard InChI is InChI=1S/C15H22N2O2/c1-11-5-6-12(2)14(8-11)19-13-4-3-7-17(10-13)15(18)9-16/h5-6,8,13H,3-4,7,9-10,16H2,1-2H3. The van der Waals surface area contributed by atoms with E-state index in [4.69, 9.17) is 10.5 Å². The third-order valence-corrected chi connectivity index (χ3v) is 3.54. The maximum atomic E-state index is 11.6. The Morgan fingerprint density at radius 1 is 1.47 bits per heavy atom. The molecule has 1 aromatic rings. The fraction of sp³-hybridized carbons (Fsp3) is 0.533. The largest absolute Gasteiger partial charge is 0.488 e. The van der Waals surface area contributed by atoms with Crippen LogP contribution in [-0.2, 0) is 4.79 Å². The number of benzene rings is 1. The Labute approximate surface area is 114 Å². The highest BCUT2D eigenvalue weighted by Gasteiger charge is 2.24. The second kappa shape index (κ2) is 6.06. The van der Waals surface area contributed by atoms with E-state index >= 15 is 0 Å². The molecule has 1 aliphatic heterocycles. The molecule has 2 rings (SSSR count). The van der Waals surface area contributed by atoms with Crippen LogP contribution >= 0.6 is 0 Å². The summed E-state index contributed by atoms with van der Waals surface area (Å²) in [7, 11) is 0. The van der Waals surface area contributed by atoms with Gasteiger partial charge in [0, 0.05) is 6.54 Å². The van der Waals surface area contributed by atoms with Gasteiger partial charge in [0.15, 0.2) is 0 Å². The molecule has 0 aromatic heterocycles. The molecule has 4 heteroatoms. The van der Waals surface area contributed by atoms with Crippen LogP contribution in [0.1, 0.15) is 24.0 Å². The van der Waals surface area contributed by atoms with Gasteiger partial charge >= 0.3 is 0 Å². The number of hydrogen-bond donors (Lipinski definition) is 1. The first-order chi connectivity index (χ1) is 9.10. The lowest BCUT2D eigenvalue weighted by molar-refractivity contribution is -0.132. The molecule has 1 fully saturated rings. The second-order valence-electron chi connectivity index (χ2n) is 5.19. The summed E-state index contributed by atoms with van der Waals surface area (Å²) in [6.45, 7) is 5.61. The Hall–Kier alpha value is -1.55. The summed E-state index contributed by atoms with van der Waals surface area (Å²) in [5, 5.41) is 0. The van der Waals surface area contributed by atoms with E-state index in [-0.39, 0.29) is 18.6 Å². The predicted molar refractivity (Wildman–Crippen MR) is 75.2 cm³/mol. The van der Waals surface area contributed by atoms with E-state index in [9.17, 15) is 4.79 Å². The number of carbonyl (C=O) groups is 1. The molecule has 104 valence electrons. The zero-order chi connectivity index (χ0) is 13.8. The zero-order valence-corrected chi connectivity index (χ0v) is 11.7. The van der Waals surface area contributed by atoms with Crippen LogP contribution in [0.3, 0.4) is 0 Å². The molecule has 0 spiro atoms. The summed E-state index contributed by atoms with van der Waals surface area (Å²) in [5.41, 5.74) is 7.73. The third kappa shape index (κ3) is 3.47. The molecule has 1 unspecified atom stereocenters. The van der Waals surface area contributed by atoms with Crippen LogP contribution in [0.2, 0.25) is 0 Å². The molecule has 1 aliphatic rings. The van der Waals surface area contributed by atoms with Crippen LogP contribution in [0.5, 0.6) is 5.75 Å². The molecule has 1 amide bonds. The van der Waals surface area contributed by atoms with E-state index in [0.29, 0.717) is 6.54 Å². The minimum Gasteiger partial charge on any atom is -0.488 e. The smallest absolute Gasteiger partial charge is 0.236 e. The quantitative estimate of drug-likeness (QED) is 0.901. The number of ether oxygens (including phenoxy) is 1. The number of likely N-dealkylation sites (tertiary alicyclic amines) is 1. The highest BCUT2D eigenvalue weighted by Crippen LogP contribution is 2.23. The first kappa shape index (κ1) is 13.9. The maximum Gasteiger partial charge on any atom is 0.236 e. The van der Waals surface area contributed by atoms with Crippen molar-refractivity contribution < 1.29 is 9.53 Å². The molecule has 1 aromatic carbocycles. The minimum absolute atomic E-state index is 0.00858. The summed E-state index contributed by atoms with van der Waals surface area (Å²) in [6, 6.07) is 6.20. The summed E-state index contributed by atoms with van der Waals surface area (Å²) in [4.78, 5) is 13.4. The number of nitrogens with two attached hydrogens (primary N) is 1. The molecule has 0 radical (unpaired) electrons. The highest BCUT2D eigenvalue weighted by molar-refractivity contribution is 5.78. The lowest BCUT2D eigenvalue weighted by Crippen LogP contribution is -2.46. The second-order valence-corrected chi connectivity index (χ2v) is 5.19. The Morgan fingerprint density at radius 2 is 2.26 bits per heavy atom. The molecule has 1 atom stereocenters. The fourth-order valence-electron chi connectivity index (χ4n) is 2.40. The summed E-state index contributed by atoms with van der Waals surface area (Å²) < 4.78 is 6.06. The number of amides is 1. The van der Waals surface area contributed by atoms with Crippen LogP contribution in [-0.4, -0.2) is 36.5 Å². The molecule has 2 N–H and O–H groups in total. The molecule has 0 saturated carbocycles. The van der Waals surface area contributed by atoms with E-state index in [2.05, 4.69) is 25.1 Å². The van der Waals surface area contributed by atoms with Crippen molar-refractivity contribution in [3.05, 3.63) is 29.3 Å². The SMILES string of the molecule is Cc1ccc(C)c(OC2CCCN(C(=O)CN)C2)c1.